The second kappa shape index (κ2) is 6.07. The lowest BCUT2D eigenvalue weighted by molar-refractivity contribution is 0.128. The number of nitrogens with zero attached hydrogens (tertiary/aromatic N) is 1. The van der Waals surface area contributed by atoms with Gasteiger partial charge in [0.15, 0.2) is 0 Å². The Morgan fingerprint density at radius 1 is 1.56 bits per heavy atom. The molecule has 5 heteroatoms. The van der Waals surface area contributed by atoms with E-state index in [-0.39, 0.29) is 11.9 Å². The van der Waals surface area contributed by atoms with Gasteiger partial charge in [-0.3, -0.25) is 4.21 Å². The third-order valence-electron chi connectivity index (χ3n) is 2.89. The predicted molar refractivity (Wildman–Crippen MR) is 66.8 cm³/mol. The van der Waals surface area contributed by atoms with E-state index in [0.717, 1.165) is 19.4 Å². The molecule has 0 amide bonds. The van der Waals surface area contributed by atoms with Crippen LogP contribution in [-0.4, -0.2) is 22.7 Å². The minimum atomic E-state index is -1.16. The molecule has 1 aromatic rings. The van der Waals surface area contributed by atoms with Crippen LogP contribution in [0.25, 0.3) is 0 Å². The van der Waals surface area contributed by atoms with Gasteiger partial charge in [0.1, 0.15) is 5.82 Å². The molecule has 0 aliphatic carbocycles. The fourth-order valence-corrected chi connectivity index (χ4v) is 3.33. The van der Waals surface area contributed by atoms with Gasteiger partial charge in [-0.15, -0.1) is 0 Å². The SMILES string of the molecule is N#Cc1ccc(F)c(CS(=O)CC2CCCO2)c1. The van der Waals surface area contributed by atoms with E-state index in [1.807, 2.05) is 6.07 Å². The zero-order valence-corrected chi connectivity index (χ0v) is 10.7. The Hall–Kier alpha value is -1.25. The van der Waals surface area contributed by atoms with Crippen molar-refractivity contribution >= 4 is 10.8 Å². The van der Waals surface area contributed by atoms with Crippen LogP contribution in [0.2, 0.25) is 0 Å². The summed E-state index contributed by atoms with van der Waals surface area (Å²) in [5.74, 6) is 0.173. The lowest BCUT2D eigenvalue weighted by atomic mass is 10.1. The second-order valence-corrected chi connectivity index (χ2v) is 5.81. The Labute approximate surface area is 108 Å². The van der Waals surface area contributed by atoms with Crippen molar-refractivity contribution in [1.82, 2.24) is 0 Å². The Balaban J connectivity index is 1.99. The number of rotatable bonds is 4. The number of ether oxygens (including phenoxy) is 1. The summed E-state index contributed by atoms with van der Waals surface area (Å²) in [6.07, 6.45) is 1.96. The average Bonchev–Trinajstić information content (AvgIpc) is 2.84. The van der Waals surface area contributed by atoms with Crippen molar-refractivity contribution < 1.29 is 13.3 Å². The minimum Gasteiger partial charge on any atom is -0.377 e. The van der Waals surface area contributed by atoms with Gasteiger partial charge in [0.05, 0.1) is 29.2 Å². The van der Waals surface area contributed by atoms with E-state index < -0.39 is 16.6 Å². The molecule has 2 rings (SSSR count). The number of hydrogen-bond donors (Lipinski definition) is 0. The molecule has 2 atom stereocenters. The quantitative estimate of drug-likeness (QED) is 0.839. The number of hydrogen-bond acceptors (Lipinski definition) is 3. The Morgan fingerprint density at radius 2 is 2.39 bits per heavy atom. The number of nitriles is 1. The molecular weight excluding hydrogens is 253 g/mol. The van der Waals surface area contributed by atoms with Crippen molar-refractivity contribution in [3.05, 3.63) is 35.1 Å². The van der Waals surface area contributed by atoms with E-state index in [0.29, 0.717) is 16.9 Å². The van der Waals surface area contributed by atoms with E-state index in [4.69, 9.17) is 10.00 Å². The topological polar surface area (TPSA) is 50.1 Å². The van der Waals surface area contributed by atoms with Crippen molar-refractivity contribution in [1.29, 1.82) is 5.26 Å². The van der Waals surface area contributed by atoms with Gasteiger partial charge in [0, 0.05) is 23.0 Å². The minimum absolute atomic E-state index is 0.0352. The third-order valence-corrected chi connectivity index (χ3v) is 4.26. The highest BCUT2D eigenvalue weighted by molar-refractivity contribution is 7.84. The van der Waals surface area contributed by atoms with Gasteiger partial charge < -0.3 is 4.74 Å². The highest BCUT2D eigenvalue weighted by Gasteiger charge is 2.19. The van der Waals surface area contributed by atoms with Crippen LogP contribution >= 0.6 is 0 Å². The highest BCUT2D eigenvalue weighted by atomic mass is 32.2. The first-order chi connectivity index (χ1) is 8.69. The van der Waals surface area contributed by atoms with Crippen LogP contribution in [-0.2, 0) is 21.3 Å². The zero-order valence-electron chi connectivity index (χ0n) is 9.89. The van der Waals surface area contributed by atoms with Crippen LogP contribution in [0.1, 0.15) is 24.0 Å². The molecule has 1 heterocycles. The molecule has 0 bridgehead atoms. The zero-order chi connectivity index (χ0) is 13.0. The lowest BCUT2D eigenvalue weighted by Gasteiger charge is -2.09. The Kier molecular flexibility index (Phi) is 4.45. The smallest absolute Gasteiger partial charge is 0.127 e. The molecule has 0 spiro atoms. The van der Waals surface area contributed by atoms with Crippen LogP contribution in [0.4, 0.5) is 4.39 Å². The van der Waals surface area contributed by atoms with E-state index in [2.05, 4.69) is 0 Å². The summed E-state index contributed by atoms with van der Waals surface area (Å²) in [5, 5.41) is 8.75. The first-order valence-electron chi connectivity index (χ1n) is 5.84. The molecule has 1 saturated heterocycles. The molecule has 1 aromatic carbocycles. The predicted octanol–water partition coefficient (Wildman–Crippen LogP) is 2.13. The molecular formula is C13H14FNO2S. The summed E-state index contributed by atoms with van der Waals surface area (Å²) in [5.41, 5.74) is 0.728. The fraction of sp³-hybridized carbons (Fsp3) is 0.462. The summed E-state index contributed by atoms with van der Waals surface area (Å²) in [7, 11) is -1.16. The largest absolute Gasteiger partial charge is 0.377 e. The number of benzene rings is 1. The van der Waals surface area contributed by atoms with Crippen molar-refractivity contribution in [2.45, 2.75) is 24.7 Å². The Morgan fingerprint density at radius 3 is 3.06 bits per heavy atom. The first-order valence-corrected chi connectivity index (χ1v) is 7.33. The summed E-state index contributed by atoms with van der Waals surface area (Å²) >= 11 is 0. The highest BCUT2D eigenvalue weighted by Crippen LogP contribution is 2.16. The van der Waals surface area contributed by atoms with E-state index >= 15 is 0 Å². The van der Waals surface area contributed by atoms with Gasteiger partial charge in [-0.05, 0) is 31.0 Å². The molecule has 0 radical (unpaired) electrons. The molecule has 1 aliphatic heterocycles. The van der Waals surface area contributed by atoms with Gasteiger partial charge >= 0.3 is 0 Å². The van der Waals surface area contributed by atoms with E-state index in [9.17, 15) is 8.60 Å². The van der Waals surface area contributed by atoms with Crippen LogP contribution in [0.5, 0.6) is 0 Å². The van der Waals surface area contributed by atoms with Gasteiger partial charge in [-0.25, -0.2) is 4.39 Å². The molecule has 96 valence electrons. The van der Waals surface area contributed by atoms with Crippen molar-refractivity contribution in [2.75, 3.05) is 12.4 Å². The van der Waals surface area contributed by atoms with Crippen LogP contribution in [0, 0.1) is 17.1 Å². The van der Waals surface area contributed by atoms with Crippen molar-refractivity contribution in [2.24, 2.45) is 0 Å². The summed E-state index contributed by atoms with van der Waals surface area (Å²) in [6, 6.07) is 6.08. The van der Waals surface area contributed by atoms with Crippen LogP contribution < -0.4 is 0 Å². The van der Waals surface area contributed by atoms with Crippen molar-refractivity contribution in [3.63, 3.8) is 0 Å². The average molecular weight is 267 g/mol. The summed E-state index contributed by atoms with van der Waals surface area (Å²) in [4.78, 5) is 0. The normalized spacial score (nSPS) is 20.6. The van der Waals surface area contributed by atoms with Gasteiger partial charge in [-0.2, -0.15) is 5.26 Å². The monoisotopic (exact) mass is 267 g/mol. The lowest BCUT2D eigenvalue weighted by Crippen LogP contribution is -2.17. The molecule has 2 unspecified atom stereocenters. The molecule has 1 aliphatic rings. The molecule has 3 nitrogen and oxygen atoms in total. The maximum absolute atomic E-state index is 13.5. The maximum Gasteiger partial charge on any atom is 0.127 e. The molecule has 1 fully saturated rings. The van der Waals surface area contributed by atoms with Crippen molar-refractivity contribution in [3.8, 4) is 6.07 Å². The van der Waals surface area contributed by atoms with Gasteiger partial charge in [0.25, 0.3) is 0 Å². The summed E-state index contributed by atoms with van der Waals surface area (Å²) in [6.45, 7) is 0.722. The molecule has 18 heavy (non-hydrogen) atoms. The fourth-order valence-electron chi connectivity index (χ4n) is 1.97. The molecule has 0 saturated carbocycles. The second-order valence-electron chi connectivity index (χ2n) is 4.30. The standard InChI is InChI=1S/C13H14FNO2S/c14-13-4-3-10(7-15)6-11(13)8-18(16)9-12-2-1-5-17-12/h3-4,6,12H,1-2,5,8-9H2. The summed E-state index contributed by atoms with van der Waals surface area (Å²) < 4.78 is 30.8. The third kappa shape index (κ3) is 3.37. The van der Waals surface area contributed by atoms with Crippen LogP contribution in [0.3, 0.4) is 0 Å². The Bertz CT molecular complexity index is 492. The maximum atomic E-state index is 13.5. The van der Waals surface area contributed by atoms with E-state index in [1.54, 1.807) is 0 Å². The van der Waals surface area contributed by atoms with E-state index in [1.165, 1.54) is 18.2 Å². The molecule has 0 aromatic heterocycles. The number of halogens is 1. The van der Waals surface area contributed by atoms with Gasteiger partial charge in [-0.1, -0.05) is 0 Å². The molecule has 0 N–H and O–H groups in total. The van der Waals surface area contributed by atoms with Gasteiger partial charge in [0.2, 0.25) is 0 Å². The van der Waals surface area contributed by atoms with Crippen LogP contribution in [0.15, 0.2) is 18.2 Å². The first kappa shape index (κ1) is 13.2.